The summed E-state index contributed by atoms with van der Waals surface area (Å²) in [5.74, 6) is 5.76. The van der Waals surface area contributed by atoms with E-state index in [1.807, 2.05) is 0 Å². The predicted molar refractivity (Wildman–Crippen MR) is 83.5 cm³/mol. The standard InChI is InChI=1S/C20H24.Ti/c1-2-6-18-12-15(11-17(18)5-1)9-10-16-13-19-7-3-4-8-20(19)14-16;/h1-8,11,13,15-20H,9-10,12,14H2;. The molecule has 0 aromatic heterocycles. The van der Waals surface area contributed by atoms with E-state index in [4.69, 9.17) is 0 Å². The van der Waals surface area contributed by atoms with E-state index in [0.717, 1.165) is 44.0 Å². The topological polar surface area (TPSA) is 0 Å². The Morgan fingerprint density at radius 1 is 0.619 bits per heavy atom. The minimum atomic E-state index is 0.178. The average molecular weight is 312 g/mol. The summed E-state index contributed by atoms with van der Waals surface area (Å²) >= 11 is 0.178. The van der Waals surface area contributed by atoms with Gasteiger partial charge < -0.3 is 0 Å². The van der Waals surface area contributed by atoms with Crippen molar-refractivity contribution in [2.45, 2.75) is 34.1 Å². The van der Waals surface area contributed by atoms with Crippen molar-refractivity contribution in [1.82, 2.24) is 0 Å². The molecule has 5 aliphatic rings. The molecule has 0 aromatic rings. The van der Waals surface area contributed by atoms with Gasteiger partial charge in [-0.25, -0.2) is 0 Å². The summed E-state index contributed by atoms with van der Waals surface area (Å²) in [5, 5.41) is 0. The van der Waals surface area contributed by atoms with Crippen LogP contribution in [-0.4, -0.2) is 0 Å². The summed E-state index contributed by atoms with van der Waals surface area (Å²) in [6.07, 6.45) is 25.5. The first-order valence-electron chi connectivity index (χ1n) is 8.86. The molecular weight excluding hydrogens is 288 g/mol. The molecule has 0 spiro atoms. The molecule has 5 rings (SSSR count). The molecule has 108 valence electrons. The second-order valence-corrected chi connectivity index (χ2v) is 10.4. The van der Waals surface area contributed by atoms with E-state index in [-0.39, 0.29) is 19.2 Å². The van der Waals surface area contributed by atoms with E-state index in [1.54, 1.807) is 0 Å². The molecule has 1 aliphatic heterocycles. The van der Waals surface area contributed by atoms with Gasteiger partial charge in [-0.3, -0.25) is 0 Å². The maximum absolute atomic E-state index is 2.57. The number of allylic oxidation sites excluding steroid dienone is 8. The van der Waals surface area contributed by atoms with E-state index >= 15 is 0 Å². The van der Waals surface area contributed by atoms with Crippen LogP contribution in [0.2, 0.25) is 8.45 Å². The fourth-order valence-electron chi connectivity index (χ4n) is 5.94. The molecule has 0 radical (unpaired) electrons. The summed E-state index contributed by atoms with van der Waals surface area (Å²) in [7, 11) is 0. The SMILES string of the molecule is C1=CC2CC3CCC4CC5C=CC=CC5[CH]4[Ti][CH]3C2C=C1. The number of fused-ring (bicyclic) bond motifs is 6. The molecule has 0 nitrogen and oxygen atoms in total. The molecule has 1 heterocycles. The summed E-state index contributed by atoms with van der Waals surface area (Å²) in [4.78, 5) is 0. The Bertz CT molecular complexity index is 492. The van der Waals surface area contributed by atoms with Gasteiger partial charge in [-0.1, -0.05) is 0 Å². The van der Waals surface area contributed by atoms with Crippen LogP contribution < -0.4 is 0 Å². The fraction of sp³-hybridized carbons (Fsp3) is 0.600. The van der Waals surface area contributed by atoms with Crippen molar-refractivity contribution in [3.63, 3.8) is 0 Å². The molecule has 0 amide bonds. The first kappa shape index (κ1) is 13.1. The zero-order chi connectivity index (χ0) is 13.8. The van der Waals surface area contributed by atoms with E-state index in [2.05, 4.69) is 48.6 Å². The molecular formula is C20H24Ti. The summed E-state index contributed by atoms with van der Waals surface area (Å²) in [5.41, 5.74) is 0. The van der Waals surface area contributed by atoms with Crippen molar-refractivity contribution in [1.29, 1.82) is 0 Å². The van der Waals surface area contributed by atoms with Gasteiger partial charge in [0.15, 0.2) is 0 Å². The Morgan fingerprint density at radius 2 is 1.10 bits per heavy atom. The van der Waals surface area contributed by atoms with Crippen molar-refractivity contribution < 1.29 is 19.2 Å². The van der Waals surface area contributed by atoms with Gasteiger partial charge in [0, 0.05) is 0 Å². The van der Waals surface area contributed by atoms with Crippen LogP contribution in [0.5, 0.6) is 0 Å². The molecule has 1 heteroatoms. The van der Waals surface area contributed by atoms with Crippen molar-refractivity contribution in [3.05, 3.63) is 48.6 Å². The Balaban J connectivity index is 1.44. The average Bonchev–Trinajstić information content (AvgIpc) is 3.00. The van der Waals surface area contributed by atoms with Gasteiger partial charge in [-0.2, -0.15) is 0 Å². The van der Waals surface area contributed by atoms with E-state index in [0.29, 0.717) is 0 Å². The van der Waals surface area contributed by atoms with Gasteiger partial charge in [0.2, 0.25) is 0 Å². The number of hydrogen-bond donors (Lipinski definition) is 0. The second kappa shape index (κ2) is 5.10. The first-order valence-corrected chi connectivity index (χ1v) is 10.7. The van der Waals surface area contributed by atoms with Gasteiger partial charge in [-0.05, 0) is 0 Å². The van der Waals surface area contributed by atoms with Crippen LogP contribution in [0.25, 0.3) is 0 Å². The van der Waals surface area contributed by atoms with Crippen molar-refractivity contribution in [2.75, 3.05) is 0 Å². The normalized spacial score (nSPS) is 52.6. The van der Waals surface area contributed by atoms with Crippen LogP contribution in [0.4, 0.5) is 0 Å². The summed E-state index contributed by atoms with van der Waals surface area (Å²) < 4.78 is 2.20. The zero-order valence-electron chi connectivity index (χ0n) is 12.6. The molecule has 4 aliphatic carbocycles. The molecule has 8 unspecified atom stereocenters. The third kappa shape index (κ3) is 2.06. The maximum atomic E-state index is 2.57. The molecule has 21 heavy (non-hydrogen) atoms. The summed E-state index contributed by atoms with van der Waals surface area (Å²) in [6, 6.07) is 0. The Morgan fingerprint density at radius 3 is 1.62 bits per heavy atom. The van der Waals surface area contributed by atoms with Gasteiger partial charge in [0.05, 0.1) is 0 Å². The molecule has 2 saturated carbocycles. The van der Waals surface area contributed by atoms with Gasteiger partial charge >= 0.3 is 137 Å². The molecule has 0 N–H and O–H groups in total. The van der Waals surface area contributed by atoms with Crippen LogP contribution in [0, 0.1) is 35.5 Å². The van der Waals surface area contributed by atoms with E-state index < -0.39 is 0 Å². The van der Waals surface area contributed by atoms with Crippen LogP contribution in [-0.2, 0) is 19.2 Å². The Labute approximate surface area is 137 Å². The van der Waals surface area contributed by atoms with Gasteiger partial charge in [-0.15, -0.1) is 0 Å². The van der Waals surface area contributed by atoms with Gasteiger partial charge in [0.1, 0.15) is 0 Å². The Hall–Kier alpha value is -0.326. The van der Waals surface area contributed by atoms with Crippen molar-refractivity contribution >= 4 is 0 Å². The van der Waals surface area contributed by atoms with E-state index in [9.17, 15) is 0 Å². The molecule has 3 fully saturated rings. The van der Waals surface area contributed by atoms with E-state index in [1.165, 1.54) is 25.7 Å². The monoisotopic (exact) mass is 312 g/mol. The van der Waals surface area contributed by atoms with Crippen LogP contribution in [0.1, 0.15) is 25.7 Å². The van der Waals surface area contributed by atoms with Crippen LogP contribution in [0.3, 0.4) is 0 Å². The third-order valence-electron chi connectivity index (χ3n) is 6.88. The van der Waals surface area contributed by atoms with Crippen molar-refractivity contribution in [3.8, 4) is 0 Å². The molecule has 0 aromatic carbocycles. The third-order valence-corrected chi connectivity index (χ3v) is 10.8. The quantitative estimate of drug-likeness (QED) is 0.540. The van der Waals surface area contributed by atoms with Gasteiger partial charge in [0.25, 0.3) is 0 Å². The second-order valence-electron chi connectivity index (χ2n) is 7.81. The number of hydrogen-bond acceptors (Lipinski definition) is 0. The molecule has 0 bridgehead atoms. The van der Waals surface area contributed by atoms with Crippen molar-refractivity contribution in [2.24, 2.45) is 35.5 Å². The fourth-order valence-corrected chi connectivity index (χ4v) is 10.2. The summed E-state index contributed by atoms with van der Waals surface area (Å²) in [6.45, 7) is 0. The molecule has 1 saturated heterocycles. The minimum absolute atomic E-state index is 0.178. The zero-order valence-corrected chi connectivity index (χ0v) is 14.1. The van der Waals surface area contributed by atoms with Crippen LogP contribution in [0.15, 0.2) is 48.6 Å². The Kier molecular flexibility index (Phi) is 3.19. The van der Waals surface area contributed by atoms with Crippen LogP contribution >= 0.6 is 0 Å². The molecule has 8 atom stereocenters. The first-order chi connectivity index (χ1) is 10.4. The number of rotatable bonds is 0. The predicted octanol–water partition coefficient (Wildman–Crippen LogP) is 5.20.